The molecule has 0 aliphatic carbocycles. The number of H-pyrrole nitrogens is 1. The number of nitrogens with one attached hydrogen (secondary N) is 3. The van der Waals surface area contributed by atoms with Crippen molar-refractivity contribution >= 4 is 86.1 Å². The van der Waals surface area contributed by atoms with Gasteiger partial charge >= 0.3 is 5.97 Å². The summed E-state index contributed by atoms with van der Waals surface area (Å²) < 4.78 is 5.09. The molecule has 4 heterocycles. The quantitative estimate of drug-likeness (QED) is 0.141. The lowest BCUT2D eigenvalue weighted by molar-refractivity contribution is -0.129. The molecule has 3 N–H and O–H groups in total. The number of halogens is 3. The highest BCUT2D eigenvalue weighted by Gasteiger charge is 2.40. The summed E-state index contributed by atoms with van der Waals surface area (Å²) in [5, 5.41) is 8.82. The number of ether oxygens (including phenoxy) is 1. The smallest absolute Gasteiger partial charge is 0.337 e. The number of carbonyl (C=O) groups excluding carboxylic acids is 3. The van der Waals surface area contributed by atoms with E-state index in [2.05, 4.69) is 56.7 Å². The van der Waals surface area contributed by atoms with E-state index < -0.39 is 23.3 Å². The van der Waals surface area contributed by atoms with Crippen molar-refractivity contribution < 1.29 is 19.1 Å². The van der Waals surface area contributed by atoms with Crippen LogP contribution < -0.4 is 15.5 Å². The van der Waals surface area contributed by atoms with Crippen LogP contribution in [-0.2, 0) is 9.53 Å². The first-order valence-corrected chi connectivity index (χ1v) is 21.0. The molecular formula is C47H46Cl3N5O4. The van der Waals surface area contributed by atoms with E-state index in [-0.39, 0.29) is 17.9 Å². The minimum Gasteiger partial charge on any atom is -0.465 e. The summed E-state index contributed by atoms with van der Waals surface area (Å²) in [6.45, 7) is 9.19. The Hall–Kier alpha value is -5.22. The van der Waals surface area contributed by atoms with Gasteiger partial charge in [0, 0.05) is 62.3 Å². The van der Waals surface area contributed by atoms with E-state index in [0.717, 1.165) is 63.9 Å². The molecule has 8 rings (SSSR count). The van der Waals surface area contributed by atoms with Gasteiger partial charge in [-0.15, -0.1) is 0 Å². The number of anilines is 2. The standard InChI is InChI=1S/C47H46Cl3N5O4/c1-26-10-9-19-55-42(32-15-14-29(48)24-34(32)50)33-23-30(49)25-36-39(33)40(43(55)38(26)27-11-7-6-8-12-27)41(52-36)44(56)53-35-22-28(45(57)59-5)13-16-37(35)54-20-17-31(18-21-54)51-46(58)47(2,3)4/h6-9,11-16,19,22-26,31,42,52H,10,17-18,20-21H2,1-5H3,(H,51,58)(H,53,56). The van der Waals surface area contributed by atoms with Gasteiger partial charge in [-0.05, 0) is 89.9 Å². The number of hydrogen-bond acceptors (Lipinski definition) is 6. The van der Waals surface area contributed by atoms with Crippen molar-refractivity contribution in [3.63, 3.8) is 0 Å². The number of nitrogens with zero attached hydrogens (tertiary/aromatic N) is 2. The number of hydrogen-bond donors (Lipinski definition) is 3. The zero-order valence-electron chi connectivity index (χ0n) is 33.6. The first-order chi connectivity index (χ1) is 28.2. The Balaban J connectivity index is 1.28. The lowest BCUT2D eigenvalue weighted by Gasteiger charge is -2.39. The molecule has 4 aromatic carbocycles. The molecule has 1 aromatic heterocycles. The predicted molar refractivity (Wildman–Crippen MR) is 238 cm³/mol. The van der Waals surface area contributed by atoms with Crippen LogP contribution in [0, 0.1) is 11.3 Å². The second-order valence-corrected chi connectivity index (χ2v) is 17.9. The molecule has 2 atom stereocenters. The monoisotopic (exact) mass is 849 g/mol. The Morgan fingerprint density at radius 2 is 1.63 bits per heavy atom. The molecule has 0 radical (unpaired) electrons. The maximum Gasteiger partial charge on any atom is 0.337 e. The maximum absolute atomic E-state index is 15.1. The molecular weight excluding hydrogens is 805 g/mol. The number of esters is 1. The third-order valence-corrected chi connectivity index (χ3v) is 12.3. The van der Waals surface area contributed by atoms with E-state index in [1.165, 1.54) is 7.11 Å². The van der Waals surface area contributed by atoms with Crippen LogP contribution in [0.4, 0.5) is 11.4 Å². The number of piperidine rings is 1. The van der Waals surface area contributed by atoms with Crippen molar-refractivity contribution in [2.45, 2.75) is 59.0 Å². The summed E-state index contributed by atoms with van der Waals surface area (Å²) in [6.07, 6.45) is 6.46. The molecule has 0 saturated carbocycles. The van der Waals surface area contributed by atoms with Gasteiger partial charge in [-0.3, -0.25) is 9.59 Å². The molecule has 2 unspecified atom stereocenters. The molecule has 2 amide bonds. The highest BCUT2D eigenvalue weighted by Crippen LogP contribution is 2.54. The Labute approximate surface area is 359 Å². The predicted octanol–water partition coefficient (Wildman–Crippen LogP) is 11.1. The summed E-state index contributed by atoms with van der Waals surface area (Å²) in [6, 6.07) is 24.5. The zero-order valence-corrected chi connectivity index (χ0v) is 35.9. The SMILES string of the molecule is COC(=O)c1ccc(N2CCC(NC(=O)C(C)(C)C)CC2)c(NC(=O)c2[nH]c3cc(Cl)cc4c3c2C2=C(c3ccccc3)C(C)CC=CN2C4c2ccc(Cl)cc2Cl)c1. The summed E-state index contributed by atoms with van der Waals surface area (Å²) in [5.74, 6) is -0.819. The minimum atomic E-state index is -0.518. The number of aromatic nitrogens is 1. The summed E-state index contributed by atoms with van der Waals surface area (Å²) in [7, 11) is 1.33. The number of rotatable bonds is 7. The van der Waals surface area contributed by atoms with Crippen LogP contribution in [0.5, 0.6) is 0 Å². The van der Waals surface area contributed by atoms with Gasteiger partial charge in [0.15, 0.2) is 0 Å². The molecule has 0 spiro atoms. The van der Waals surface area contributed by atoms with Gasteiger partial charge in [0.2, 0.25) is 5.91 Å². The first kappa shape index (κ1) is 40.6. The van der Waals surface area contributed by atoms with Gasteiger partial charge in [0.05, 0.1) is 35.8 Å². The Bertz CT molecular complexity index is 2550. The van der Waals surface area contributed by atoms with Crippen LogP contribution in [-0.4, -0.2) is 53.9 Å². The molecule has 1 fully saturated rings. The molecule has 1 saturated heterocycles. The van der Waals surface area contributed by atoms with Gasteiger partial charge in [-0.1, -0.05) is 105 Å². The molecule has 0 bridgehead atoms. The highest BCUT2D eigenvalue weighted by atomic mass is 35.5. The van der Waals surface area contributed by atoms with Crippen molar-refractivity contribution in [1.82, 2.24) is 15.2 Å². The number of amides is 2. The lowest BCUT2D eigenvalue weighted by atomic mass is 9.82. The Morgan fingerprint density at radius 3 is 2.32 bits per heavy atom. The molecule has 3 aliphatic heterocycles. The van der Waals surface area contributed by atoms with Gasteiger partial charge in [0.1, 0.15) is 5.69 Å². The summed E-state index contributed by atoms with van der Waals surface area (Å²) >= 11 is 20.4. The van der Waals surface area contributed by atoms with E-state index >= 15 is 4.79 Å². The highest BCUT2D eigenvalue weighted by molar-refractivity contribution is 6.35. The first-order valence-electron chi connectivity index (χ1n) is 19.9. The second-order valence-electron chi connectivity index (χ2n) is 16.6. The largest absolute Gasteiger partial charge is 0.465 e. The van der Waals surface area contributed by atoms with E-state index in [9.17, 15) is 9.59 Å². The van der Waals surface area contributed by atoms with Crippen molar-refractivity contribution in [3.05, 3.63) is 140 Å². The van der Waals surface area contributed by atoms with Gasteiger partial charge in [0.25, 0.3) is 5.91 Å². The third-order valence-electron chi connectivity index (χ3n) is 11.6. The summed E-state index contributed by atoms with van der Waals surface area (Å²) in [4.78, 5) is 48.7. The van der Waals surface area contributed by atoms with Gasteiger partial charge in [-0.25, -0.2) is 4.79 Å². The fourth-order valence-electron chi connectivity index (χ4n) is 8.61. The van der Waals surface area contributed by atoms with Gasteiger partial charge < -0.3 is 30.2 Å². The normalized spacial score (nSPS) is 18.1. The minimum absolute atomic E-state index is 0.0170. The number of fused-ring (bicyclic) bond motifs is 2. The molecule has 9 nitrogen and oxygen atoms in total. The molecule has 59 heavy (non-hydrogen) atoms. The molecule has 304 valence electrons. The van der Waals surface area contributed by atoms with E-state index in [1.54, 1.807) is 18.2 Å². The van der Waals surface area contributed by atoms with Crippen molar-refractivity contribution in [1.29, 1.82) is 0 Å². The Kier molecular flexibility index (Phi) is 11.1. The van der Waals surface area contributed by atoms with Crippen LogP contribution in [0.3, 0.4) is 0 Å². The molecule has 12 heteroatoms. The average molecular weight is 851 g/mol. The molecule has 3 aliphatic rings. The van der Waals surface area contributed by atoms with E-state index in [0.29, 0.717) is 50.6 Å². The van der Waals surface area contributed by atoms with E-state index in [4.69, 9.17) is 39.5 Å². The van der Waals surface area contributed by atoms with E-state index in [1.807, 2.05) is 69.3 Å². The van der Waals surface area contributed by atoms with Crippen LogP contribution in [0.2, 0.25) is 15.1 Å². The zero-order chi connectivity index (χ0) is 41.7. The van der Waals surface area contributed by atoms with Crippen molar-refractivity contribution in [2.24, 2.45) is 11.3 Å². The van der Waals surface area contributed by atoms with Crippen LogP contribution in [0.15, 0.2) is 91.1 Å². The van der Waals surface area contributed by atoms with Crippen molar-refractivity contribution in [2.75, 3.05) is 30.4 Å². The number of methoxy groups -OCH3 is 1. The number of carbonyl (C=O) groups is 3. The summed E-state index contributed by atoms with van der Waals surface area (Å²) in [5.41, 5.74) is 7.54. The third kappa shape index (κ3) is 7.72. The van der Waals surface area contributed by atoms with Crippen LogP contribution >= 0.6 is 34.8 Å². The molecule has 5 aromatic rings. The number of aromatic amines is 1. The van der Waals surface area contributed by atoms with Gasteiger partial charge in [-0.2, -0.15) is 0 Å². The topological polar surface area (TPSA) is 107 Å². The van der Waals surface area contributed by atoms with Crippen LogP contribution in [0.25, 0.3) is 22.2 Å². The number of allylic oxidation sites excluding steroid dienone is 2. The Morgan fingerprint density at radius 1 is 0.881 bits per heavy atom. The number of benzene rings is 4. The fraction of sp³-hybridized carbons (Fsp3) is 0.298. The maximum atomic E-state index is 15.1. The second kappa shape index (κ2) is 16.1. The average Bonchev–Trinajstić information content (AvgIpc) is 3.50. The van der Waals surface area contributed by atoms with Crippen LogP contribution in [0.1, 0.15) is 96.1 Å². The fourth-order valence-corrected chi connectivity index (χ4v) is 9.35. The lowest BCUT2D eigenvalue weighted by Crippen LogP contribution is -2.47. The van der Waals surface area contributed by atoms with Crippen molar-refractivity contribution in [3.8, 4) is 0 Å².